The fourth-order valence-corrected chi connectivity index (χ4v) is 1.69. The Hall–Kier alpha value is -0.510. The second-order valence-electron chi connectivity index (χ2n) is 3.95. The molecule has 0 aromatic carbocycles. The van der Waals surface area contributed by atoms with Crippen molar-refractivity contribution < 1.29 is 18.1 Å². The van der Waals surface area contributed by atoms with Crippen molar-refractivity contribution in [2.24, 2.45) is 0 Å². The molecule has 0 unspecified atom stereocenters. The van der Waals surface area contributed by atoms with Crippen LogP contribution in [0, 0.1) is 0 Å². The van der Waals surface area contributed by atoms with Crippen LogP contribution in [0.3, 0.4) is 0 Å². The van der Waals surface area contributed by atoms with Crippen molar-refractivity contribution in [1.82, 2.24) is 0 Å². The van der Waals surface area contributed by atoms with Crippen molar-refractivity contribution in [2.45, 2.75) is 32.1 Å². The van der Waals surface area contributed by atoms with Crippen LogP contribution in [-0.2, 0) is 4.79 Å². The number of halogens is 2. The summed E-state index contributed by atoms with van der Waals surface area (Å²) in [5.41, 5.74) is 0. The van der Waals surface area contributed by atoms with Gasteiger partial charge in [-0.15, -0.1) is 0 Å². The highest BCUT2D eigenvalue weighted by Gasteiger charge is 2.43. The molecule has 1 aliphatic heterocycles. The smallest absolute Gasteiger partial charge is 0.263 e. The third-order valence-corrected chi connectivity index (χ3v) is 2.85. The summed E-state index contributed by atoms with van der Waals surface area (Å²) in [5, 5.41) is 0. The number of nitrogens with zero attached hydrogens (tertiary/aromatic N) is 1. The van der Waals surface area contributed by atoms with Gasteiger partial charge in [-0.25, -0.2) is 13.6 Å². The van der Waals surface area contributed by atoms with Gasteiger partial charge in [-0.3, -0.25) is 4.48 Å². The lowest BCUT2D eigenvalue weighted by Crippen LogP contribution is -2.56. The van der Waals surface area contributed by atoms with Gasteiger partial charge in [0.05, 0.1) is 39.4 Å². The van der Waals surface area contributed by atoms with E-state index in [0.29, 0.717) is 6.42 Å². The minimum Gasteiger partial charge on any atom is -0.263 e. The average Bonchev–Trinajstić information content (AvgIpc) is 2.09. The lowest BCUT2D eigenvalue weighted by atomic mass is 10.0. The lowest BCUT2D eigenvalue weighted by molar-refractivity contribution is -0.843. The first-order valence-electron chi connectivity index (χ1n) is 4.65. The normalized spacial score (nSPS) is 25.5. The summed E-state index contributed by atoms with van der Waals surface area (Å²) < 4.78 is 25.8. The number of likely N-dealkylation sites (tertiary alicyclic amines) is 1. The molecule has 0 aliphatic carbocycles. The zero-order valence-corrected chi connectivity index (χ0v) is 8.15. The van der Waals surface area contributed by atoms with E-state index in [1.54, 1.807) is 14.0 Å². The van der Waals surface area contributed by atoms with Crippen molar-refractivity contribution in [2.75, 3.05) is 20.1 Å². The standard InChI is InChI=1S/C9H16F2NO/c1-3-8(13)12(2)6-4-9(10,11)5-7-12/h3-7H2,1-2H3/q+1. The molecule has 1 saturated heterocycles. The Balaban J connectivity index is 2.61. The predicted octanol–water partition coefficient (Wildman–Crippen LogP) is 1.80. The molecule has 1 rings (SSSR count). The Morgan fingerprint density at radius 1 is 1.38 bits per heavy atom. The van der Waals surface area contributed by atoms with Crippen LogP contribution in [0.4, 0.5) is 8.78 Å². The molecule has 76 valence electrons. The molecular formula is C9H16F2NO+. The summed E-state index contributed by atoms with van der Waals surface area (Å²) in [6, 6.07) is 0. The molecule has 0 aromatic rings. The minimum absolute atomic E-state index is 0.0653. The lowest BCUT2D eigenvalue weighted by Gasteiger charge is -2.37. The number of rotatable bonds is 1. The Morgan fingerprint density at radius 3 is 2.23 bits per heavy atom. The monoisotopic (exact) mass is 192 g/mol. The van der Waals surface area contributed by atoms with Gasteiger partial charge >= 0.3 is 5.91 Å². The van der Waals surface area contributed by atoms with Gasteiger partial charge in [0.1, 0.15) is 0 Å². The average molecular weight is 192 g/mol. The van der Waals surface area contributed by atoms with Gasteiger partial charge in [0.25, 0.3) is 5.92 Å². The molecule has 1 fully saturated rings. The third kappa shape index (κ3) is 2.24. The van der Waals surface area contributed by atoms with Crippen molar-refractivity contribution in [3.05, 3.63) is 0 Å². The molecule has 0 N–H and O–H groups in total. The Kier molecular flexibility index (Phi) is 2.71. The quantitative estimate of drug-likeness (QED) is 0.579. The number of quaternary nitrogens is 1. The number of hydrogen-bond acceptors (Lipinski definition) is 1. The molecule has 0 saturated carbocycles. The topological polar surface area (TPSA) is 17.1 Å². The molecule has 13 heavy (non-hydrogen) atoms. The highest BCUT2D eigenvalue weighted by molar-refractivity contribution is 5.68. The van der Waals surface area contributed by atoms with Gasteiger partial charge in [0.2, 0.25) is 0 Å². The van der Waals surface area contributed by atoms with Crippen LogP contribution >= 0.6 is 0 Å². The second-order valence-corrected chi connectivity index (χ2v) is 3.95. The molecule has 1 aliphatic rings. The van der Waals surface area contributed by atoms with Gasteiger partial charge in [-0.1, -0.05) is 6.92 Å². The van der Waals surface area contributed by atoms with Gasteiger partial charge in [-0.2, -0.15) is 0 Å². The molecule has 0 radical (unpaired) electrons. The first-order valence-corrected chi connectivity index (χ1v) is 4.65. The maximum Gasteiger partial charge on any atom is 0.313 e. The molecule has 1 heterocycles. The molecular weight excluding hydrogens is 176 g/mol. The SMILES string of the molecule is CCC(=O)[N+]1(C)CCC(F)(F)CC1. The van der Waals surface area contributed by atoms with E-state index in [1.807, 2.05) is 0 Å². The molecule has 1 amide bonds. The fourth-order valence-electron chi connectivity index (χ4n) is 1.69. The molecule has 0 bridgehead atoms. The van der Waals surface area contributed by atoms with Crippen molar-refractivity contribution in [1.29, 1.82) is 0 Å². The van der Waals surface area contributed by atoms with E-state index in [2.05, 4.69) is 0 Å². The summed E-state index contributed by atoms with van der Waals surface area (Å²) in [6.45, 7) is 2.33. The summed E-state index contributed by atoms with van der Waals surface area (Å²) in [6.07, 6.45) is 0.118. The predicted molar refractivity (Wildman–Crippen MR) is 45.4 cm³/mol. The Morgan fingerprint density at radius 2 is 1.85 bits per heavy atom. The highest BCUT2D eigenvalue weighted by Crippen LogP contribution is 2.31. The van der Waals surface area contributed by atoms with Crippen LogP contribution in [0.15, 0.2) is 0 Å². The Labute approximate surface area is 77.1 Å². The fraction of sp³-hybridized carbons (Fsp3) is 0.889. The van der Waals surface area contributed by atoms with Gasteiger partial charge in [0, 0.05) is 0 Å². The van der Waals surface area contributed by atoms with E-state index >= 15 is 0 Å². The molecule has 0 atom stereocenters. The van der Waals surface area contributed by atoms with Crippen LogP contribution in [0.1, 0.15) is 26.2 Å². The summed E-state index contributed by atoms with van der Waals surface area (Å²) in [5.74, 6) is -2.48. The minimum atomic E-state index is -2.55. The van der Waals surface area contributed by atoms with E-state index in [1.165, 1.54) is 0 Å². The number of amides is 1. The number of carbonyl (C=O) groups is 1. The largest absolute Gasteiger partial charge is 0.313 e. The number of carbonyl (C=O) groups excluding carboxylic acids is 1. The molecule has 2 nitrogen and oxygen atoms in total. The van der Waals surface area contributed by atoms with Crippen molar-refractivity contribution >= 4 is 5.91 Å². The third-order valence-electron chi connectivity index (χ3n) is 2.85. The number of piperidine rings is 1. The maximum atomic E-state index is 12.8. The van der Waals surface area contributed by atoms with Crippen LogP contribution in [-0.4, -0.2) is 36.4 Å². The van der Waals surface area contributed by atoms with Crippen LogP contribution < -0.4 is 0 Å². The van der Waals surface area contributed by atoms with E-state index in [-0.39, 0.29) is 36.3 Å². The van der Waals surface area contributed by atoms with E-state index in [9.17, 15) is 13.6 Å². The van der Waals surface area contributed by atoms with E-state index in [4.69, 9.17) is 0 Å². The zero-order chi connectivity index (χ0) is 10.1. The van der Waals surface area contributed by atoms with Crippen molar-refractivity contribution in [3.63, 3.8) is 0 Å². The van der Waals surface area contributed by atoms with Gasteiger partial charge in [-0.05, 0) is 0 Å². The van der Waals surface area contributed by atoms with Crippen LogP contribution in [0.5, 0.6) is 0 Å². The van der Waals surface area contributed by atoms with Gasteiger partial charge < -0.3 is 0 Å². The first-order chi connectivity index (χ1) is 5.90. The summed E-state index contributed by atoms with van der Waals surface area (Å²) >= 11 is 0. The number of alkyl halides is 2. The maximum absolute atomic E-state index is 12.8. The molecule has 4 heteroatoms. The van der Waals surface area contributed by atoms with E-state index in [0.717, 1.165) is 0 Å². The molecule has 0 spiro atoms. The Bertz CT molecular complexity index is 206. The zero-order valence-electron chi connectivity index (χ0n) is 8.15. The highest BCUT2D eigenvalue weighted by atomic mass is 19.3. The second kappa shape index (κ2) is 3.33. The number of hydrogen-bond donors (Lipinski definition) is 0. The van der Waals surface area contributed by atoms with Crippen molar-refractivity contribution in [3.8, 4) is 0 Å². The van der Waals surface area contributed by atoms with E-state index < -0.39 is 5.92 Å². The van der Waals surface area contributed by atoms with Crippen LogP contribution in [0.2, 0.25) is 0 Å². The molecule has 0 aromatic heterocycles. The van der Waals surface area contributed by atoms with Gasteiger partial charge in [0.15, 0.2) is 0 Å². The summed E-state index contributed by atoms with van der Waals surface area (Å²) in [4.78, 5) is 11.4. The first kappa shape index (κ1) is 10.6. The van der Waals surface area contributed by atoms with Crippen LogP contribution in [0.25, 0.3) is 0 Å². The summed E-state index contributed by atoms with van der Waals surface area (Å²) in [7, 11) is 1.75.